The third kappa shape index (κ3) is 2.69. The molecule has 108 valence electrons. The maximum atomic E-state index is 12.9. The van der Waals surface area contributed by atoms with E-state index in [0.29, 0.717) is 11.4 Å². The lowest BCUT2D eigenvalue weighted by molar-refractivity contribution is -0.140. The van der Waals surface area contributed by atoms with Crippen LogP contribution in [0, 0.1) is 5.82 Å². The second-order valence-electron chi connectivity index (χ2n) is 4.90. The van der Waals surface area contributed by atoms with Crippen molar-refractivity contribution in [3.8, 4) is 0 Å². The smallest absolute Gasteiger partial charge is 0.241 e. The zero-order valence-electron chi connectivity index (χ0n) is 11.0. The molecule has 21 heavy (non-hydrogen) atoms. The van der Waals surface area contributed by atoms with E-state index in [-0.39, 0.29) is 24.9 Å². The highest BCUT2D eigenvalue weighted by Crippen LogP contribution is 2.33. The Hall–Kier alpha value is -1.79. The van der Waals surface area contributed by atoms with Gasteiger partial charge in [-0.05, 0) is 52.3 Å². The molecule has 1 fully saturated rings. The first-order chi connectivity index (χ1) is 10.1. The lowest BCUT2D eigenvalue weighted by Crippen LogP contribution is -2.56. The number of aromatic nitrogens is 1. The highest BCUT2D eigenvalue weighted by molar-refractivity contribution is 9.10. The number of carbonyl (C=O) groups is 1. The number of nitrogens with zero attached hydrogens (tertiary/aromatic N) is 1. The van der Waals surface area contributed by atoms with Crippen molar-refractivity contribution < 1.29 is 13.9 Å². The summed E-state index contributed by atoms with van der Waals surface area (Å²) in [6, 6.07) is 9.30. The molecule has 2 heterocycles. The lowest BCUT2D eigenvalue weighted by atomic mass is 9.81. The van der Waals surface area contributed by atoms with Gasteiger partial charge in [0.2, 0.25) is 5.91 Å². The first-order valence-electron chi connectivity index (χ1n) is 6.37. The number of rotatable bonds is 3. The molecule has 1 aromatic carbocycles. The van der Waals surface area contributed by atoms with Crippen molar-refractivity contribution >= 4 is 27.5 Å². The van der Waals surface area contributed by atoms with Gasteiger partial charge in [0.15, 0.2) is 0 Å². The van der Waals surface area contributed by atoms with Crippen LogP contribution in [0.4, 0.5) is 10.1 Å². The van der Waals surface area contributed by atoms with E-state index in [4.69, 9.17) is 4.74 Å². The topological polar surface area (TPSA) is 51.2 Å². The van der Waals surface area contributed by atoms with Gasteiger partial charge >= 0.3 is 0 Å². The molecule has 1 aliphatic rings. The number of carbonyl (C=O) groups excluding carboxylic acids is 1. The van der Waals surface area contributed by atoms with Crippen LogP contribution in [-0.2, 0) is 14.9 Å². The second kappa shape index (κ2) is 5.54. The van der Waals surface area contributed by atoms with Crippen molar-refractivity contribution in [2.45, 2.75) is 5.41 Å². The van der Waals surface area contributed by atoms with Crippen molar-refractivity contribution in [1.29, 1.82) is 0 Å². The number of amides is 1. The van der Waals surface area contributed by atoms with Gasteiger partial charge < -0.3 is 10.1 Å². The van der Waals surface area contributed by atoms with Crippen molar-refractivity contribution in [2.24, 2.45) is 0 Å². The molecule has 0 bridgehead atoms. The molecule has 6 heteroatoms. The Labute approximate surface area is 129 Å². The predicted molar refractivity (Wildman–Crippen MR) is 79.5 cm³/mol. The minimum Gasteiger partial charge on any atom is -0.378 e. The maximum Gasteiger partial charge on any atom is 0.241 e. The lowest BCUT2D eigenvalue weighted by Gasteiger charge is -2.39. The number of hydrogen-bond donors (Lipinski definition) is 1. The van der Waals surface area contributed by atoms with Gasteiger partial charge in [0, 0.05) is 16.4 Å². The molecule has 0 unspecified atom stereocenters. The Balaban J connectivity index is 1.83. The number of nitrogens with one attached hydrogen (secondary N) is 1. The molecule has 1 N–H and O–H groups in total. The van der Waals surface area contributed by atoms with E-state index in [2.05, 4.69) is 26.2 Å². The number of pyridine rings is 1. The van der Waals surface area contributed by atoms with E-state index in [1.807, 2.05) is 6.07 Å². The Kier molecular flexibility index (Phi) is 3.73. The molecule has 0 aliphatic carbocycles. The number of halogens is 2. The first kappa shape index (κ1) is 14.2. The van der Waals surface area contributed by atoms with E-state index in [9.17, 15) is 9.18 Å². The number of hydrogen-bond acceptors (Lipinski definition) is 3. The van der Waals surface area contributed by atoms with E-state index in [1.165, 1.54) is 24.3 Å². The average molecular weight is 351 g/mol. The van der Waals surface area contributed by atoms with Crippen molar-refractivity contribution in [3.05, 3.63) is 58.6 Å². The minimum atomic E-state index is -0.783. The molecule has 2 aromatic rings. The molecule has 0 spiro atoms. The quantitative estimate of drug-likeness (QED) is 0.925. The number of benzene rings is 1. The highest BCUT2D eigenvalue weighted by atomic mass is 79.9. The summed E-state index contributed by atoms with van der Waals surface area (Å²) in [6.07, 6.45) is 1.65. The van der Waals surface area contributed by atoms with Crippen LogP contribution >= 0.6 is 15.9 Å². The van der Waals surface area contributed by atoms with Crippen molar-refractivity contribution in [3.63, 3.8) is 0 Å². The normalized spacial score (nSPS) is 16.1. The highest BCUT2D eigenvalue weighted by Gasteiger charge is 2.48. The summed E-state index contributed by atoms with van der Waals surface area (Å²) in [5.41, 5.74) is 0.427. The summed E-state index contributed by atoms with van der Waals surface area (Å²) in [7, 11) is 0. The molecule has 1 amide bonds. The average Bonchev–Trinajstić information content (AvgIpc) is 2.42. The van der Waals surface area contributed by atoms with Gasteiger partial charge in [-0.15, -0.1) is 0 Å². The fourth-order valence-corrected chi connectivity index (χ4v) is 2.38. The zero-order chi connectivity index (χ0) is 14.9. The summed E-state index contributed by atoms with van der Waals surface area (Å²) in [4.78, 5) is 16.9. The molecule has 0 saturated carbocycles. The van der Waals surface area contributed by atoms with Gasteiger partial charge in [-0.2, -0.15) is 0 Å². The number of ether oxygens (including phenoxy) is 1. The Bertz CT molecular complexity index is 654. The molecule has 0 radical (unpaired) electrons. The summed E-state index contributed by atoms with van der Waals surface area (Å²) in [6.45, 7) is 0.573. The first-order valence-corrected chi connectivity index (χ1v) is 7.16. The van der Waals surface area contributed by atoms with Crippen LogP contribution in [0.1, 0.15) is 5.69 Å². The van der Waals surface area contributed by atoms with Crippen molar-refractivity contribution in [1.82, 2.24) is 4.98 Å². The van der Waals surface area contributed by atoms with Crippen LogP contribution in [0.5, 0.6) is 0 Å². The van der Waals surface area contributed by atoms with Crippen LogP contribution in [0.25, 0.3) is 0 Å². The van der Waals surface area contributed by atoms with Gasteiger partial charge in [0.05, 0.1) is 18.9 Å². The third-order valence-electron chi connectivity index (χ3n) is 3.45. The molecule has 1 aromatic heterocycles. The van der Waals surface area contributed by atoms with E-state index >= 15 is 0 Å². The molecule has 1 saturated heterocycles. The molecule has 3 rings (SSSR count). The van der Waals surface area contributed by atoms with Gasteiger partial charge in [-0.3, -0.25) is 9.78 Å². The fraction of sp³-hybridized carbons (Fsp3) is 0.200. The van der Waals surface area contributed by atoms with Crippen LogP contribution in [-0.4, -0.2) is 24.1 Å². The Morgan fingerprint density at radius 3 is 2.48 bits per heavy atom. The van der Waals surface area contributed by atoms with Crippen molar-refractivity contribution in [2.75, 3.05) is 18.5 Å². The van der Waals surface area contributed by atoms with Crippen LogP contribution < -0.4 is 5.32 Å². The zero-order valence-corrected chi connectivity index (χ0v) is 12.6. The van der Waals surface area contributed by atoms with Gasteiger partial charge in [-0.25, -0.2) is 4.39 Å². The summed E-state index contributed by atoms with van der Waals surface area (Å²) < 4.78 is 19.0. The van der Waals surface area contributed by atoms with Crippen LogP contribution in [0.3, 0.4) is 0 Å². The standard InChI is InChI=1S/C15H12BrFN2O2/c16-10-1-6-13(18-7-10)15(8-21-9-15)14(20)19-12-4-2-11(17)3-5-12/h1-7H,8-9H2,(H,19,20). The van der Waals surface area contributed by atoms with Crippen LogP contribution in [0.2, 0.25) is 0 Å². The van der Waals surface area contributed by atoms with E-state index in [0.717, 1.165) is 4.47 Å². The monoisotopic (exact) mass is 350 g/mol. The summed E-state index contributed by atoms with van der Waals surface area (Å²) in [5, 5.41) is 2.79. The number of anilines is 1. The Morgan fingerprint density at radius 1 is 1.24 bits per heavy atom. The Morgan fingerprint density at radius 2 is 1.95 bits per heavy atom. The predicted octanol–water partition coefficient (Wildman–Crippen LogP) is 2.89. The molecule has 1 aliphatic heterocycles. The molecule has 0 atom stereocenters. The largest absolute Gasteiger partial charge is 0.378 e. The van der Waals surface area contributed by atoms with Gasteiger partial charge in [0.25, 0.3) is 0 Å². The summed E-state index contributed by atoms with van der Waals surface area (Å²) >= 11 is 3.32. The molecular formula is C15H12BrFN2O2. The minimum absolute atomic E-state index is 0.199. The van der Waals surface area contributed by atoms with Crippen LogP contribution in [0.15, 0.2) is 47.1 Å². The summed E-state index contributed by atoms with van der Waals surface area (Å²) in [5.74, 6) is -0.542. The van der Waals surface area contributed by atoms with Gasteiger partial charge in [0.1, 0.15) is 11.2 Å². The molecule has 4 nitrogen and oxygen atoms in total. The fourth-order valence-electron chi connectivity index (χ4n) is 2.14. The third-order valence-corrected chi connectivity index (χ3v) is 3.92. The van der Waals surface area contributed by atoms with Gasteiger partial charge in [-0.1, -0.05) is 0 Å². The van der Waals surface area contributed by atoms with E-state index < -0.39 is 5.41 Å². The van der Waals surface area contributed by atoms with E-state index in [1.54, 1.807) is 12.3 Å². The SMILES string of the molecule is O=C(Nc1ccc(F)cc1)C1(c2ccc(Br)cn2)COC1. The second-order valence-corrected chi connectivity index (χ2v) is 5.81. The molecular weight excluding hydrogens is 339 g/mol. The maximum absolute atomic E-state index is 12.9.